The highest BCUT2D eigenvalue weighted by Crippen LogP contribution is 2.27. The van der Waals surface area contributed by atoms with Crippen molar-refractivity contribution in [2.24, 2.45) is 0 Å². The van der Waals surface area contributed by atoms with Crippen LogP contribution in [0.4, 0.5) is 10.1 Å². The van der Waals surface area contributed by atoms with Crippen LogP contribution in [0.25, 0.3) is 6.08 Å². The molecule has 0 aliphatic carbocycles. The summed E-state index contributed by atoms with van der Waals surface area (Å²) in [4.78, 5) is 24.0. The molecule has 2 aromatic rings. The van der Waals surface area contributed by atoms with Crippen LogP contribution in [0.5, 0.6) is 5.75 Å². The lowest BCUT2D eigenvalue weighted by Gasteiger charge is -2.14. The minimum Gasteiger partial charge on any atom is -0.495 e. The molecule has 0 fully saturated rings. The van der Waals surface area contributed by atoms with E-state index in [4.69, 9.17) is 21.1 Å². The lowest BCUT2D eigenvalue weighted by molar-refractivity contribution is -0.148. The van der Waals surface area contributed by atoms with Crippen LogP contribution in [0.2, 0.25) is 5.02 Å². The van der Waals surface area contributed by atoms with Crippen molar-refractivity contribution in [1.82, 2.24) is 0 Å². The topological polar surface area (TPSA) is 64.6 Å². The maximum atomic E-state index is 12.8. The van der Waals surface area contributed by atoms with E-state index in [-0.39, 0.29) is 5.82 Å². The summed E-state index contributed by atoms with van der Waals surface area (Å²) in [5.41, 5.74) is 0.999. The van der Waals surface area contributed by atoms with Gasteiger partial charge in [-0.1, -0.05) is 23.7 Å². The van der Waals surface area contributed by atoms with Gasteiger partial charge in [-0.05, 0) is 48.9 Å². The van der Waals surface area contributed by atoms with Crippen molar-refractivity contribution in [3.05, 3.63) is 64.9 Å². The molecule has 1 atom stereocenters. The van der Waals surface area contributed by atoms with Gasteiger partial charge in [0.2, 0.25) is 0 Å². The highest BCUT2D eigenvalue weighted by Gasteiger charge is 2.18. The van der Waals surface area contributed by atoms with Crippen molar-refractivity contribution in [2.45, 2.75) is 13.0 Å². The van der Waals surface area contributed by atoms with Crippen molar-refractivity contribution >= 4 is 35.2 Å². The Labute approximate surface area is 155 Å². The van der Waals surface area contributed by atoms with Gasteiger partial charge in [0.1, 0.15) is 11.6 Å². The Morgan fingerprint density at radius 1 is 1.19 bits per heavy atom. The quantitative estimate of drug-likeness (QED) is 0.608. The first-order valence-corrected chi connectivity index (χ1v) is 8.05. The summed E-state index contributed by atoms with van der Waals surface area (Å²) >= 11 is 5.91. The highest BCUT2D eigenvalue weighted by molar-refractivity contribution is 6.31. The first-order chi connectivity index (χ1) is 12.4. The van der Waals surface area contributed by atoms with Gasteiger partial charge < -0.3 is 14.8 Å². The number of halogens is 2. The molecule has 7 heteroatoms. The van der Waals surface area contributed by atoms with Gasteiger partial charge >= 0.3 is 5.97 Å². The first-order valence-electron chi connectivity index (χ1n) is 7.67. The van der Waals surface area contributed by atoms with Crippen LogP contribution in [-0.4, -0.2) is 25.1 Å². The number of hydrogen-bond acceptors (Lipinski definition) is 4. The molecule has 2 rings (SSSR count). The van der Waals surface area contributed by atoms with Crippen LogP contribution in [0.3, 0.4) is 0 Å². The fourth-order valence-corrected chi connectivity index (χ4v) is 2.19. The number of carbonyl (C=O) groups excluding carboxylic acids is 2. The average Bonchev–Trinajstić information content (AvgIpc) is 2.61. The average molecular weight is 378 g/mol. The van der Waals surface area contributed by atoms with E-state index in [1.807, 2.05) is 0 Å². The fourth-order valence-electron chi connectivity index (χ4n) is 2.02. The minimum absolute atomic E-state index is 0.369. The third-order valence-electron chi connectivity index (χ3n) is 3.36. The monoisotopic (exact) mass is 377 g/mol. The van der Waals surface area contributed by atoms with Crippen LogP contribution in [-0.2, 0) is 14.3 Å². The number of benzene rings is 2. The van der Waals surface area contributed by atoms with Crippen molar-refractivity contribution in [1.29, 1.82) is 0 Å². The van der Waals surface area contributed by atoms with Crippen molar-refractivity contribution < 1.29 is 23.5 Å². The van der Waals surface area contributed by atoms with Gasteiger partial charge in [-0.15, -0.1) is 0 Å². The van der Waals surface area contributed by atoms with E-state index < -0.39 is 18.0 Å². The Hall–Kier alpha value is -2.86. The second kappa shape index (κ2) is 9.01. The van der Waals surface area contributed by atoms with E-state index in [1.165, 1.54) is 50.4 Å². The lowest BCUT2D eigenvalue weighted by Crippen LogP contribution is -2.29. The summed E-state index contributed by atoms with van der Waals surface area (Å²) in [5.74, 6) is -1.17. The highest BCUT2D eigenvalue weighted by atomic mass is 35.5. The Morgan fingerprint density at radius 2 is 1.88 bits per heavy atom. The second-order valence-electron chi connectivity index (χ2n) is 5.30. The Morgan fingerprint density at radius 3 is 2.54 bits per heavy atom. The van der Waals surface area contributed by atoms with E-state index in [0.29, 0.717) is 22.0 Å². The molecule has 136 valence electrons. The van der Waals surface area contributed by atoms with E-state index in [1.54, 1.807) is 12.1 Å². The zero-order valence-corrected chi connectivity index (χ0v) is 14.9. The van der Waals surface area contributed by atoms with Crippen molar-refractivity contribution in [2.75, 3.05) is 12.4 Å². The molecule has 26 heavy (non-hydrogen) atoms. The Kier molecular flexibility index (Phi) is 6.74. The smallest absolute Gasteiger partial charge is 0.331 e. The molecule has 0 spiro atoms. The van der Waals surface area contributed by atoms with Crippen LogP contribution < -0.4 is 10.1 Å². The van der Waals surface area contributed by atoms with Crippen molar-refractivity contribution in [3.63, 3.8) is 0 Å². The van der Waals surface area contributed by atoms with E-state index in [0.717, 1.165) is 6.08 Å². The summed E-state index contributed by atoms with van der Waals surface area (Å²) in [5, 5.41) is 3.02. The number of esters is 1. The summed E-state index contributed by atoms with van der Waals surface area (Å²) < 4.78 is 23.0. The maximum Gasteiger partial charge on any atom is 0.331 e. The van der Waals surface area contributed by atoms with E-state index in [2.05, 4.69) is 5.32 Å². The van der Waals surface area contributed by atoms with Gasteiger partial charge in [-0.2, -0.15) is 0 Å². The first kappa shape index (κ1) is 19.5. The van der Waals surface area contributed by atoms with Crippen LogP contribution in [0.15, 0.2) is 48.5 Å². The second-order valence-corrected chi connectivity index (χ2v) is 5.73. The number of rotatable bonds is 6. The lowest BCUT2D eigenvalue weighted by atomic mass is 10.2. The molecule has 1 amide bonds. The van der Waals surface area contributed by atoms with E-state index >= 15 is 0 Å². The summed E-state index contributed by atoms with van der Waals surface area (Å²) in [6.45, 7) is 1.44. The molecule has 0 saturated carbocycles. The van der Waals surface area contributed by atoms with Gasteiger partial charge in [0.15, 0.2) is 6.10 Å². The van der Waals surface area contributed by atoms with Gasteiger partial charge in [0.05, 0.1) is 12.8 Å². The zero-order chi connectivity index (χ0) is 19.1. The number of hydrogen-bond donors (Lipinski definition) is 1. The molecule has 2 aromatic carbocycles. The molecule has 0 saturated heterocycles. The molecular formula is C19H17ClFNO4. The summed E-state index contributed by atoms with van der Waals surface area (Å²) in [7, 11) is 1.46. The number of ether oxygens (including phenoxy) is 2. The molecule has 0 unspecified atom stereocenters. The number of nitrogens with one attached hydrogen (secondary N) is 1. The van der Waals surface area contributed by atoms with Crippen LogP contribution in [0.1, 0.15) is 12.5 Å². The molecule has 0 aliphatic rings. The van der Waals surface area contributed by atoms with Gasteiger partial charge in [0, 0.05) is 11.1 Å². The summed E-state index contributed by atoms with van der Waals surface area (Å²) in [6, 6.07) is 10.3. The molecule has 0 radical (unpaired) electrons. The number of amides is 1. The molecular weight excluding hydrogens is 361 g/mol. The maximum absolute atomic E-state index is 12.8. The third kappa shape index (κ3) is 5.60. The van der Waals surface area contributed by atoms with E-state index in [9.17, 15) is 14.0 Å². The third-order valence-corrected chi connectivity index (χ3v) is 3.60. The largest absolute Gasteiger partial charge is 0.495 e. The molecule has 0 bridgehead atoms. The Bertz CT molecular complexity index is 821. The molecule has 5 nitrogen and oxygen atoms in total. The predicted octanol–water partition coefficient (Wildman–Crippen LogP) is 4.07. The fraction of sp³-hybridized carbons (Fsp3) is 0.158. The SMILES string of the molecule is COc1ccc(Cl)cc1NC(=O)[C@H](C)OC(=O)/C=C/c1ccc(F)cc1. The zero-order valence-electron chi connectivity index (χ0n) is 14.2. The van der Waals surface area contributed by atoms with Gasteiger partial charge in [-0.25, -0.2) is 9.18 Å². The Balaban J connectivity index is 1.95. The van der Waals surface area contributed by atoms with Crippen molar-refractivity contribution in [3.8, 4) is 5.75 Å². The number of methoxy groups -OCH3 is 1. The van der Waals surface area contributed by atoms with Gasteiger partial charge in [-0.3, -0.25) is 4.79 Å². The minimum atomic E-state index is -1.04. The standard InChI is InChI=1S/C19H17ClFNO4/c1-12(19(24)22-16-11-14(20)6-9-17(16)25-2)26-18(23)10-5-13-3-7-15(21)8-4-13/h3-12H,1-2H3,(H,22,24)/b10-5+/t12-/m0/s1. The number of carbonyl (C=O) groups is 2. The van der Waals surface area contributed by atoms with Crippen LogP contribution >= 0.6 is 11.6 Å². The summed E-state index contributed by atoms with van der Waals surface area (Å²) in [6.07, 6.45) is 1.59. The normalized spacial score (nSPS) is 11.8. The molecule has 0 aromatic heterocycles. The molecule has 0 aliphatic heterocycles. The van der Waals surface area contributed by atoms with Gasteiger partial charge in [0.25, 0.3) is 5.91 Å². The molecule has 1 N–H and O–H groups in total. The predicted molar refractivity (Wildman–Crippen MR) is 97.6 cm³/mol. The van der Waals surface area contributed by atoms with Crippen LogP contribution in [0, 0.1) is 5.82 Å². The number of anilines is 1. The molecule has 0 heterocycles.